The van der Waals surface area contributed by atoms with Gasteiger partial charge in [-0.1, -0.05) is 0 Å². The number of carbonyl (C=O) groups is 2. The molecule has 448 valence electrons. The van der Waals surface area contributed by atoms with Crippen LogP contribution in [0.5, 0.6) is 69.0 Å². The minimum atomic E-state index is -2.19. The highest BCUT2D eigenvalue weighted by Gasteiger charge is 2.48. The fraction of sp³-hybridized carbons (Fsp3) is 0.407. The van der Waals surface area contributed by atoms with Gasteiger partial charge in [0.05, 0.1) is 61.1 Å². The maximum absolute atomic E-state index is 13.5. The van der Waals surface area contributed by atoms with Gasteiger partial charge in [0.15, 0.2) is 56.5 Å². The number of aliphatic hydroxyl groups is 7. The molecule has 0 amide bonds. The van der Waals surface area contributed by atoms with E-state index in [1.54, 1.807) is 0 Å². The number of phenolic OH excluding ortho intramolecular Hbond substituents is 4. The molecule has 0 aliphatic carbocycles. The van der Waals surface area contributed by atoms with Gasteiger partial charge in [0.2, 0.25) is 47.1 Å². The molecule has 2 aromatic heterocycles. The number of hydrogen-bond acceptors (Lipinski definition) is 29. The van der Waals surface area contributed by atoms with E-state index >= 15 is 0 Å². The second kappa shape index (κ2) is 24.5. The SMILES string of the molecule is COc1cc(-c2cc(=O)c3c(O)c(OC)c(O[C@@H]4O[C@H](COC(=O)C[C@](C)(O)CC(=O)OC[C@H]5O[C@@H](Oc6ccc(-c7cc(=O)c8c(O)c(OC)c(O)c(OC)c8o7)cc6OC)[C@H](O)[C@@H](O)[C@@H]5O)[C@@H](O)[C@H](O)[C@H]4O)c(OC)c3o2)ccc1O. The molecular formula is C54H58O29. The lowest BCUT2D eigenvalue weighted by Crippen LogP contribution is -2.60. The third-order valence-electron chi connectivity index (χ3n) is 13.5. The number of fused-ring (bicyclic) bond motifs is 2. The molecule has 0 spiro atoms. The Balaban J connectivity index is 0.888. The maximum Gasteiger partial charge on any atom is 0.308 e. The molecule has 83 heavy (non-hydrogen) atoms. The van der Waals surface area contributed by atoms with Crippen molar-refractivity contribution < 1.29 is 131 Å². The van der Waals surface area contributed by atoms with Crippen LogP contribution in [-0.4, -0.2) is 191 Å². The summed E-state index contributed by atoms with van der Waals surface area (Å²) in [4.78, 5) is 52.9. The molecule has 4 heterocycles. The van der Waals surface area contributed by atoms with Crippen LogP contribution in [0.1, 0.15) is 19.8 Å². The van der Waals surface area contributed by atoms with E-state index in [4.69, 9.17) is 65.7 Å². The van der Waals surface area contributed by atoms with Gasteiger partial charge in [-0.2, -0.15) is 0 Å². The number of phenols is 4. The van der Waals surface area contributed by atoms with Gasteiger partial charge >= 0.3 is 11.9 Å². The lowest BCUT2D eigenvalue weighted by Gasteiger charge is -2.40. The van der Waals surface area contributed by atoms with Crippen molar-refractivity contribution in [3.63, 3.8) is 0 Å². The van der Waals surface area contributed by atoms with Crippen molar-refractivity contribution in [1.82, 2.24) is 0 Å². The predicted molar refractivity (Wildman–Crippen MR) is 278 cm³/mol. The van der Waals surface area contributed by atoms with Gasteiger partial charge in [0.1, 0.15) is 84.3 Å². The van der Waals surface area contributed by atoms with E-state index < -0.39 is 156 Å². The van der Waals surface area contributed by atoms with Crippen molar-refractivity contribution >= 4 is 33.9 Å². The summed E-state index contributed by atoms with van der Waals surface area (Å²) >= 11 is 0. The number of hydrogen-bond donors (Lipinski definition) is 11. The minimum absolute atomic E-state index is 0.0382. The van der Waals surface area contributed by atoms with E-state index in [1.807, 2.05) is 0 Å². The van der Waals surface area contributed by atoms with E-state index in [9.17, 15) is 75.3 Å². The van der Waals surface area contributed by atoms with Crippen molar-refractivity contribution in [1.29, 1.82) is 0 Å². The van der Waals surface area contributed by atoms with Crippen molar-refractivity contribution in [2.45, 2.75) is 86.8 Å². The number of aliphatic hydroxyl groups excluding tert-OH is 6. The predicted octanol–water partition coefficient (Wildman–Crippen LogP) is 0.798. The van der Waals surface area contributed by atoms with Crippen LogP contribution in [0.2, 0.25) is 0 Å². The molecule has 11 atom stereocenters. The first-order chi connectivity index (χ1) is 39.4. The average molecular weight is 1170 g/mol. The summed E-state index contributed by atoms with van der Waals surface area (Å²) in [5.41, 5.74) is -3.97. The Morgan fingerprint density at radius 1 is 0.494 bits per heavy atom. The van der Waals surface area contributed by atoms with E-state index in [-0.39, 0.29) is 73.7 Å². The zero-order valence-electron chi connectivity index (χ0n) is 45.0. The highest BCUT2D eigenvalue weighted by molar-refractivity contribution is 5.96. The van der Waals surface area contributed by atoms with Crippen LogP contribution in [0.25, 0.3) is 44.6 Å². The molecule has 11 N–H and O–H groups in total. The van der Waals surface area contributed by atoms with Crippen LogP contribution in [0, 0.1) is 0 Å². The monoisotopic (exact) mass is 1170 g/mol. The molecule has 2 saturated heterocycles. The molecule has 29 heteroatoms. The zero-order valence-corrected chi connectivity index (χ0v) is 45.0. The second-order valence-corrected chi connectivity index (χ2v) is 19.1. The van der Waals surface area contributed by atoms with E-state index in [0.29, 0.717) is 0 Å². The largest absolute Gasteiger partial charge is 0.504 e. The first kappa shape index (κ1) is 60.6. The quantitative estimate of drug-likeness (QED) is 0.0471. The summed E-state index contributed by atoms with van der Waals surface area (Å²) < 4.78 is 77.3. The lowest BCUT2D eigenvalue weighted by atomic mass is 9.97. The maximum atomic E-state index is 13.5. The summed E-state index contributed by atoms with van der Waals surface area (Å²) in [5, 5.41) is 118. The van der Waals surface area contributed by atoms with Crippen molar-refractivity contribution in [2.75, 3.05) is 55.9 Å². The van der Waals surface area contributed by atoms with Crippen molar-refractivity contribution in [2.24, 2.45) is 0 Å². The van der Waals surface area contributed by atoms with Crippen molar-refractivity contribution in [3.8, 4) is 91.6 Å². The molecule has 0 saturated carbocycles. The summed E-state index contributed by atoms with van der Waals surface area (Å²) in [6.45, 7) is -0.575. The van der Waals surface area contributed by atoms with Crippen LogP contribution >= 0.6 is 0 Å². The van der Waals surface area contributed by atoms with Crippen LogP contribution in [0.4, 0.5) is 0 Å². The number of esters is 2. The van der Waals surface area contributed by atoms with Gasteiger partial charge in [0, 0.05) is 23.3 Å². The summed E-state index contributed by atoms with van der Waals surface area (Å²) in [7, 11) is 7.14. The number of rotatable bonds is 20. The van der Waals surface area contributed by atoms with Gasteiger partial charge in [-0.25, -0.2) is 0 Å². The van der Waals surface area contributed by atoms with Gasteiger partial charge in [-0.15, -0.1) is 0 Å². The fourth-order valence-electron chi connectivity index (χ4n) is 9.20. The molecule has 6 aromatic rings. The highest BCUT2D eigenvalue weighted by atomic mass is 16.7. The van der Waals surface area contributed by atoms with E-state index in [1.165, 1.54) is 57.7 Å². The number of aromatic hydroxyl groups is 4. The molecule has 29 nitrogen and oxygen atoms in total. The van der Waals surface area contributed by atoms with Gasteiger partial charge in [-0.05, 0) is 43.3 Å². The normalized spacial score (nSPS) is 23.2. The van der Waals surface area contributed by atoms with Crippen LogP contribution < -0.4 is 48.8 Å². The number of methoxy groups -OCH3 is 6. The summed E-state index contributed by atoms with van der Waals surface area (Å²) in [6, 6.07) is 10.2. The Labute approximate surface area is 467 Å². The standard InChI is InChI=1S/C54H58O29/c1-54(69,16-32(58)76-18-30-36(60)40(64)42(66)52(81-30)80-25-11-9-21(13-29(25)71-3)27-14-23(56)34-38(62)47(72-4)44(68)49(74-6)45(34)78-27)17-33(59)77-19-31-37(61)41(65)43(67)53(82-31)83-51-48(73-5)39(63)35-24(57)15-26(79-46(35)50(51)75-7)20-8-10-22(55)28(12-20)70-2/h8-15,30-31,36-37,40-43,52-53,55,60-69H,16-19H2,1-7H3/t30-,31-,36-,37-,40+,41+,42-,43-,52-,53+,54-/m1/s1. The molecule has 2 aliphatic heterocycles. The Morgan fingerprint density at radius 2 is 0.940 bits per heavy atom. The molecule has 0 radical (unpaired) electrons. The van der Waals surface area contributed by atoms with Crippen molar-refractivity contribution in [3.05, 3.63) is 69.0 Å². The van der Waals surface area contributed by atoms with Gasteiger partial charge in [-0.3, -0.25) is 19.2 Å². The molecule has 8 rings (SSSR count). The molecule has 2 fully saturated rings. The highest BCUT2D eigenvalue weighted by Crippen LogP contribution is 2.52. The van der Waals surface area contributed by atoms with Crippen LogP contribution in [0.15, 0.2) is 67.0 Å². The Hall–Kier alpha value is -8.52. The summed E-state index contributed by atoms with van der Waals surface area (Å²) in [5.74, 6) is -7.12. The fourth-order valence-corrected chi connectivity index (χ4v) is 9.20. The van der Waals surface area contributed by atoms with Gasteiger partial charge < -0.3 is 122 Å². The molecule has 0 unspecified atom stereocenters. The van der Waals surface area contributed by atoms with Crippen LogP contribution in [-0.2, 0) is 28.5 Å². The Bertz CT molecular complexity index is 3520. The third kappa shape index (κ3) is 11.9. The second-order valence-electron chi connectivity index (χ2n) is 19.1. The zero-order chi connectivity index (χ0) is 60.5. The van der Waals surface area contributed by atoms with Gasteiger partial charge in [0.25, 0.3) is 0 Å². The number of carbonyl (C=O) groups excluding carboxylic acids is 2. The van der Waals surface area contributed by atoms with E-state index in [0.717, 1.165) is 40.4 Å². The smallest absolute Gasteiger partial charge is 0.308 e. The van der Waals surface area contributed by atoms with E-state index in [2.05, 4.69) is 0 Å². The number of ether oxygens (including phenoxy) is 12. The third-order valence-corrected chi connectivity index (χ3v) is 13.5. The molecule has 0 bridgehead atoms. The first-order valence-corrected chi connectivity index (χ1v) is 24.8. The molecular weight excluding hydrogens is 1110 g/mol. The average Bonchev–Trinajstić information content (AvgIpc) is 3.56. The Morgan fingerprint density at radius 3 is 1.42 bits per heavy atom. The molecule has 2 aliphatic rings. The Kier molecular flexibility index (Phi) is 17.9. The minimum Gasteiger partial charge on any atom is -0.504 e. The molecule has 4 aromatic carbocycles. The topological polar surface area (TPSA) is 428 Å². The lowest BCUT2D eigenvalue weighted by molar-refractivity contribution is -0.279. The number of benzene rings is 4. The summed E-state index contributed by atoms with van der Waals surface area (Å²) in [6.07, 6.45) is -20.4. The first-order valence-electron chi connectivity index (χ1n) is 24.8. The van der Waals surface area contributed by atoms with Crippen LogP contribution in [0.3, 0.4) is 0 Å².